The third kappa shape index (κ3) is 3.57. The van der Waals surface area contributed by atoms with E-state index in [1.54, 1.807) is 4.90 Å². The highest BCUT2D eigenvalue weighted by molar-refractivity contribution is 7.09. The Kier molecular flexibility index (Phi) is 4.77. The lowest BCUT2D eigenvalue weighted by Gasteiger charge is -2.31. The highest BCUT2D eigenvalue weighted by Crippen LogP contribution is 2.47. The molecule has 1 N–H and O–H groups in total. The van der Waals surface area contributed by atoms with Gasteiger partial charge in [-0.05, 0) is 25.0 Å². The molecule has 12 heteroatoms. The minimum atomic E-state index is -4.84. The number of aliphatic hydroxyl groups is 1. The van der Waals surface area contributed by atoms with Crippen molar-refractivity contribution >= 4 is 17.4 Å². The zero-order chi connectivity index (χ0) is 20.8. The molecule has 0 spiro atoms. The number of thiazole rings is 1. The maximum Gasteiger partial charge on any atom is 0.507 e. The van der Waals surface area contributed by atoms with E-state index >= 15 is 0 Å². The molecule has 0 radical (unpaired) electrons. The molecule has 0 unspecified atom stereocenters. The molecule has 156 valence electrons. The molecule has 2 aliphatic heterocycles. The van der Waals surface area contributed by atoms with Crippen molar-refractivity contribution in [1.82, 2.24) is 9.47 Å². The van der Waals surface area contributed by atoms with E-state index in [1.165, 1.54) is 16.8 Å². The van der Waals surface area contributed by atoms with Gasteiger partial charge in [-0.15, -0.1) is 0 Å². The van der Waals surface area contributed by atoms with Crippen molar-refractivity contribution in [1.29, 1.82) is 0 Å². The molecular formula is C17H15F4N3O4S. The predicted molar refractivity (Wildman–Crippen MR) is 92.5 cm³/mol. The van der Waals surface area contributed by atoms with Crippen LogP contribution in [0.1, 0.15) is 17.7 Å². The van der Waals surface area contributed by atoms with Gasteiger partial charge in [0.2, 0.25) is 0 Å². The second kappa shape index (κ2) is 7.02. The Hall–Kier alpha value is -2.60. The molecule has 1 fully saturated rings. The van der Waals surface area contributed by atoms with Crippen LogP contribution in [0.15, 0.2) is 29.4 Å². The van der Waals surface area contributed by atoms with E-state index in [4.69, 9.17) is 0 Å². The first-order valence-corrected chi connectivity index (χ1v) is 9.46. The number of rotatable bonds is 2. The quantitative estimate of drug-likeness (QED) is 0.739. The number of aromatic nitrogens is 1. The van der Waals surface area contributed by atoms with Crippen molar-refractivity contribution in [3.05, 3.63) is 34.1 Å². The maximum atomic E-state index is 13.5. The summed E-state index contributed by atoms with van der Waals surface area (Å²) in [5, 5.41) is 9.42. The molecule has 0 aliphatic carbocycles. The highest BCUT2D eigenvalue weighted by atomic mass is 32.1. The first kappa shape index (κ1) is 19.7. The van der Waals surface area contributed by atoms with Crippen LogP contribution in [0, 0.1) is 0 Å². The number of halogens is 4. The van der Waals surface area contributed by atoms with Crippen LogP contribution in [0.5, 0.6) is 11.5 Å². The lowest BCUT2D eigenvalue weighted by molar-refractivity contribution is -0.391. The number of benzene rings is 1. The zero-order valence-corrected chi connectivity index (χ0v) is 15.6. The second-order valence-electron chi connectivity index (χ2n) is 6.47. The molecule has 1 aromatic carbocycles. The number of hydrogen-bond donors (Lipinski definition) is 1. The molecule has 29 heavy (non-hydrogen) atoms. The van der Waals surface area contributed by atoms with E-state index < -0.39 is 29.7 Å². The van der Waals surface area contributed by atoms with Crippen LogP contribution in [0.3, 0.4) is 0 Å². The molecule has 2 amide bonds. The summed E-state index contributed by atoms with van der Waals surface area (Å²) in [6, 6.07) is 3.01. The average Bonchev–Trinajstić information content (AvgIpc) is 3.31. The van der Waals surface area contributed by atoms with Crippen molar-refractivity contribution in [2.24, 2.45) is 4.99 Å². The van der Waals surface area contributed by atoms with Crippen LogP contribution in [-0.4, -0.2) is 45.9 Å². The van der Waals surface area contributed by atoms with Crippen LogP contribution in [-0.2, 0) is 6.61 Å². The van der Waals surface area contributed by atoms with Crippen LogP contribution in [0.2, 0.25) is 0 Å². The molecule has 2 aliphatic rings. The van der Waals surface area contributed by atoms with Gasteiger partial charge in [-0.2, -0.15) is 22.6 Å². The molecular weight excluding hydrogens is 418 g/mol. The lowest BCUT2D eigenvalue weighted by atomic mass is 10.2. The number of carbonyl (C=O) groups is 1. The Morgan fingerprint density at radius 3 is 2.45 bits per heavy atom. The van der Waals surface area contributed by atoms with Crippen molar-refractivity contribution < 1.29 is 36.9 Å². The fourth-order valence-corrected chi connectivity index (χ4v) is 3.83. The number of ether oxygens (including phenoxy) is 2. The molecule has 0 saturated carbocycles. The number of nitrogens with zero attached hydrogens (tertiary/aromatic N) is 3. The summed E-state index contributed by atoms with van der Waals surface area (Å²) < 4.78 is 63.2. The fraction of sp³-hybridized carbons (Fsp3) is 0.412. The molecule has 0 atom stereocenters. The number of hydrogen-bond acceptors (Lipinski definition) is 5. The van der Waals surface area contributed by atoms with E-state index in [0.717, 1.165) is 36.3 Å². The van der Waals surface area contributed by atoms with Crippen molar-refractivity contribution in [2.45, 2.75) is 31.7 Å². The molecule has 2 aromatic rings. The van der Waals surface area contributed by atoms with Crippen molar-refractivity contribution in [3.8, 4) is 17.2 Å². The van der Waals surface area contributed by atoms with Crippen molar-refractivity contribution in [2.75, 3.05) is 13.1 Å². The Bertz CT molecular complexity index is 1010. The zero-order valence-electron chi connectivity index (χ0n) is 14.8. The molecule has 3 heterocycles. The Morgan fingerprint density at radius 1 is 1.14 bits per heavy atom. The number of carbonyl (C=O) groups excluding carboxylic acids is 1. The van der Waals surface area contributed by atoms with E-state index in [9.17, 15) is 27.5 Å². The summed E-state index contributed by atoms with van der Waals surface area (Å²) in [5.41, 5.74) is 0.220. The minimum Gasteiger partial charge on any atom is -0.421 e. The number of fused-ring (bicyclic) bond motifs is 1. The number of amides is 2. The maximum absolute atomic E-state index is 13.5. The number of likely N-dealkylation sites (tertiary alicyclic amines) is 1. The van der Waals surface area contributed by atoms with Gasteiger partial charge in [-0.25, -0.2) is 4.79 Å². The van der Waals surface area contributed by atoms with Gasteiger partial charge in [0, 0.05) is 25.4 Å². The normalized spacial score (nSPS) is 20.2. The number of urea groups is 1. The third-order valence-corrected chi connectivity index (χ3v) is 5.41. The average molecular weight is 433 g/mol. The summed E-state index contributed by atoms with van der Waals surface area (Å²) in [5.74, 6) is -1.13. The minimum absolute atomic E-state index is 0.194. The molecule has 4 rings (SSSR count). The van der Waals surface area contributed by atoms with Gasteiger partial charge in [0.05, 0.1) is 17.2 Å². The van der Waals surface area contributed by atoms with Crippen molar-refractivity contribution in [3.63, 3.8) is 0 Å². The van der Waals surface area contributed by atoms with Crippen LogP contribution in [0.4, 0.5) is 22.4 Å². The molecule has 1 aromatic heterocycles. The second-order valence-corrected chi connectivity index (χ2v) is 7.56. The van der Waals surface area contributed by atoms with Gasteiger partial charge in [0.15, 0.2) is 16.3 Å². The van der Waals surface area contributed by atoms with E-state index in [1.807, 2.05) is 0 Å². The standard InChI is InChI=1S/C17H15F4N3O4S/c18-16(19)17(20,21)28-13-7-10(3-4-12(13)27-16)24-8-11(9-25)29-15(24)22-14(26)23-5-1-2-6-23/h3-4,7-8,25H,1-2,5-6,9H2/b22-15-. The summed E-state index contributed by atoms with van der Waals surface area (Å²) >= 11 is 1.04. The van der Waals surface area contributed by atoms with Gasteiger partial charge in [0.25, 0.3) is 0 Å². The predicted octanol–water partition coefficient (Wildman–Crippen LogP) is 3.10. The van der Waals surface area contributed by atoms with Crippen LogP contribution >= 0.6 is 11.3 Å². The number of alkyl halides is 4. The van der Waals surface area contributed by atoms with Gasteiger partial charge in [-0.3, -0.25) is 4.57 Å². The Labute approximate surface area is 165 Å². The van der Waals surface area contributed by atoms with Crippen LogP contribution < -0.4 is 14.3 Å². The third-order valence-electron chi connectivity index (χ3n) is 4.45. The SMILES string of the molecule is O=C(/N=c1\sc(CO)cn1-c1ccc2c(c1)OC(F)(F)C(F)(F)O2)N1CCCC1. The van der Waals surface area contributed by atoms with E-state index in [2.05, 4.69) is 14.5 Å². The first-order chi connectivity index (χ1) is 13.7. The summed E-state index contributed by atoms with van der Waals surface area (Å²) in [4.78, 5) is 18.7. The van der Waals surface area contributed by atoms with Gasteiger partial charge in [-0.1, -0.05) is 11.3 Å². The van der Waals surface area contributed by atoms with Gasteiger partial charge >= 0.3 is 18.2 Å². The molecule has 7 nitrogen and oxygen atoms in total. The summed E-state index contributed by atoms with van der Waals surface area (Å²) in [6.45, 7) is 0.856. The summed E-state index contributed by atoms with van der Waals surface area (Å²) in [7, 11) is 0. The monoisotopic (exact) mass is 433 g/mol. The van der Waals surface area contributed by atoms with Crippen LogP contribution in [0.25, 0.3) is 5.69 Å². The Morgan fingerprint density at radius 2 is 1.79 bits per heavy atom. The van der Waals surface area contributed by atoms with Gasteiger partial charge < -0.3 is 19.5 Å². The highest BCUT2D eigenvalue weighted by Gasteiger charge is 2.65. The number of aliphatic hydroxyl groups excluding tert-OH is 1. The lowest BCUT2D eigenvalue weighted by Crippen LogP contribution is -2.52. The Balaban J connectivity index is 1.74. The molecule has 1 saturated heterocycles. The topological polar surface area (TPSA) is 76.3 Å². The fourth-order valence-electron chi connectivity index (χ4n) is 2.99. The van der Waals surface area contributed by atoms with E-state index in [0.29, 0.717) is 18.0 Å². The van der Waals surface area contributed by atoms with E-state index in [-0.39, 0.29) is 17.1 Å². The first-order valence-electron chi connectivity index (χ1n) is 8.64. The largest absolute Gasteiger partial charge is 0.507 e. The molecule has 0 bridgehead atoms. The summed E-state index contributed by atoms with van der Waals surface area (Å²) in [6.07, 6.45) is -6.40. The smallest absolute Gasteiger partial charge is 0.421 e. The van der Waals surface area contributed by atoms with Gasteiger partial charge in [0.1, 0.15) is 0 Å².